The van der Waals surface area contributed by atoms with Gasteiger partial charge in [0.25, 0.3) is 0 Å². The second-order valence-corrected chi connectivity index (χ2v) is 4.43. The Hall–Kier alpha value is -1.53. The first-order valence-corrected chi connectivity index (χ1v) is 5.75. The number of halogens is 1. The third kappa shape index (κ3) is 2.49. The molecule has 0 aliphatic carbocycles. The Morgan fingerprint density at radius 1 is 1.50 bits per heavy atom. The van der Waals surface area contributed by atoms with Gasteiger partial charge in [-0.2, -0.15) is 0 Å². The van der Waals surface area contributed by atoms with Crippen molar-refractivity contribution in [3.63, 3.8) is 0 Å². The van der Waals surface area contributed by atoms with Crippen molar-refractivity contribution in [2.75, 3.05) is 0 Å². The van der Waals surface area contributed by atoms with Crippen LogP contribution >= 0.6 is 0 Å². The number of ether oxygens (including phenoxy) is 1. The van der Waals surface area contributed by atoms with Crippen molar-refractivity contribution in [2.24, 2.45) is 0 Å². The van der Waals surface area contributed by atoms with Gasteiger partial charge in [-0.05, 0) is 26.0 Å². The molecule has 6 heteroatoms. The standard InChI is InChI=1S/C12H15FN2O3/c1-6-11(9-4-3-8(13)5-14-9)18-7(2)10(15-6)12(16)17/h3-7,10-11,15H,1-2H3,(H,16,17). The molecular formula is C12H15FN2O3. The van der Waals surface area contributed by atoms with Crippen LogP contribution in [0.15, 0.2) is 18.3 Å². The first-order valence-electron chi connectivity index (χ1n) is 5.75. The van der Waals surface area contributed by atoms with E-state index in [0.717, 1.165) is 6.20 Å². The average molecular weight is 254 g/mol. The first kappa shape index (κ1) is 12.9. The van der Waals surface area contributed by atoms with E-state index in [9.17, 15) is 9.18 Å². The highest BCUT2D eigenvalue weighted by atomic mass is 19.1. The van der Waals surface area contributed by atoms with Crippen LogP contribution in [-0.4, -0.2) is 34.2 Å². The van der Waals surface area contributed by atoms with Gasteiger partial charge in [0, 0.05) is 6.04 Å². The van der Waals surface area contributed by atoms with E-state index in [1.807, 2.05) is 6.92 Å². The monoisotopic (exact) mass is 254 g/mol. The Morgan fingerprint density at radius 3 is 2.78 bits per heavy atom. The third-order valence-electron chi connectivity index (χ3n) is 3.04. The number of nitrogens with zero attached hydrogens (tertiary/aromatic N) is 1. The highest BCUT2D eigenvalue weighted by molar-refractivity contribution is 5.74. The molecule has 0 radical (unpaired) electrons. The lowest BCUT2D eigenvalue weighted by atomic mass is 10.0. The van der Waals surface area contributed by atoms with Gasteiger partial charge in [-0.1, -0.05) is 0 Å². The topological polar surface area (TPSA) is 71.5 Å². The molecule has 1 aromatic heterocycles. The molecule has 4 atom stereocenters. The lowest BCUT2D eigenvalue weighted by Crippen LogP contribution is -2.56. The summed E-state index contributed by atoms with van der Waals surface area (Å²) in [5.74, 6) is -1.36. The minimum atomic E-state index is -0.945. The minimum Gasteiger partial charge on any atom is -0.480 e. The van der Waals surface area contributed by atoms with Crippen molar-refractivity contribution in [1.82, 2.24) is 10.3 Å². The molecule has 5 nitrogen and oxygen atoms in total. The number of aliphatic carboxylic acids is 1. The molecule has 0 spiro atoms. The molecule has 4 unspecified atom stereocenters. The van der Waals surface area contributed by atoms with Gasteiger partial charge in [0.1, 0.15) is 18.0 Å². The van der Waals surface area contributed by atoms with Gasteiger partial charge in [-0.3, -0.25) is 15.1 Å². The molecule has 0 aromatic carbocycles. The molecule has 2 N–H and O–H groups in total. The third-order valence-corrected chi connectivity index (χ3v) is 3.04. The molecule has 1 aliphatic heterocycles. The zero-order chi connectivity index (χ0) is 13.3. The van der Waals surface area contributed by atoms with E-state index in [1.165, 1.54) is 6.07 Å². The van der Waals surface area contributed by atoms with Gasteiger partial charge < -0.3 is 9.84 Å². The van der Waals surface area contributed by atoms with Crippen molar-refractivity contribution in [3.8, 4) is 0 Å². The van der Waals surface area contributed by atoms with Gasteiger partial charge in [0.05, 0.1) is 18.0 Å². The molecule has 0 amide bonds. The van der Waals surface area contributed by atoms with Gasteiger partial charge in [-0.25, -0.2) is 4.39 Å². The van der Waals surface area contributed by atoms with Crippen molar-refractivity contribution in [1.29, 1.82) is 0 Å². The summed E-state index contributed by atoms with van der Waals surface area (Å²) in [6, 6.07) is 1.91. The van der Waals surface area contributed by atoms with Gasteiger partial charge >= 0.3 is 5.97 Å². The van der Waals surface area contributed by atoms with Crippen LogP contribution in [0.1, 0.15) is 25.6 Å². The number of pyridine rings is 1. The lowest BCUT2D eigenvalue weighted by Gasteiger charge is -2.38. The van der Waals surface area contributed by atoms with Crippen molar-refractivity contribution >= 4 is 5.97 Å². The fraction of sp³-hybridized carbons (Fsp3) is 0.500. The minimum absolute atomic E-state index is 0.208. The van der Waals surface area contributed by atoms with E-state index < -0.39 is 23.9 Å². The van der Waals surface area contributed by atoms with Crippen molar-refractivity contribution in [3.05, 3.63) is 29.8 Å². The summed E-state index contributed by atoms with van der Waals surface area (Å²) >= 11 is 0. The van der Waals surface area contributed by atoms with E-state index in [1.54, 1.807) is 13.0 Å². The summed E-state index contributed by atoms with van der Waals surface area (Å²) in [5.41, 5.74) is 0.590. The number of carboxylic acid groups (broad SMARTS) is 1. The van der Waals surface area contributed by atoms with Gasteiger partial charge in [0.15, 0.2) is 0 Å². The van der Waals surface area contributed by atoms with E-state index in [4.69, 9.17) is 9.84 Å². The maximum atomic E-state index is 12.8. The number of hydrogen-bond donors (Lipinski definition) is 2. The number of nitrogens with one attached hydrogen (secondary N) is 1. The van der Waals surface area contributed by atoms with Crippen LogP contribution in [0.2, 0.25) is 0 Å². The molecule has 0 bridgehead atoms. The van der Waals surface area contributed by atoms with Crippen molar-refractivity contribution < 1.29 is 19.0 Å². The molecule has 1 fully saturated rings. The second kappa shape index (κ2) is 4.99. The molecular weight excluding hydrogens is 239 g/mol. The number of hydrogen-bond acceptors (Lipinski definition) is 4. The zero-order valence-electron chi connectivity index (χ0n) is 10.1. The maximum absolute atomic E-state index is 12.8. The molecule has 18 heavy (non-hydrogen) atoms. The number of morpholine rings is 1. The Morgan fingerprint density at radius 2 is 2.22 bits per heavy atom. The van der Waals surface area contributed by atoms with Crippen LogP contribution in [-0.2, 0) is 9.53 Å². The van der Waals surface area contributed by atoms with E-state index >= 15 is 0 Å². The molecule has 98 valence electrons. The summed E-state index contributed by atoms with van der Waals surface area (Å²) in [7, 11) is 0. The quantitative estimate of drug-likeness (QED) is 0.827. The normalized spacial score (nSPS) is 32.2. The SMILES string of the molecule is CC1NC(C(=O)O)C(C)OC1c1ccc(F)cn1. The van der Waals surface area contributed by atoms with E-state index in [-0.39, 0.29) is 12.1 Å². The second-order valence-electron chi connectivity index (χ2n) is 4.43. The number of rotatable bonds is 2. The van der Waals surface area contributed by atoms with Crippen LogP contribution in [0.5, 0.6) is 0 Å². The predicted octanol–water partition coefficient (Wildman–Crippen LogP) is 1.11. The zero-order valence-corrected chi connectivity index (χ0v) is 10.1. The van der Waals surface area contributed by atoms with Crippen LogP contribution in [0.25, 0.3) is 0 Å². The van der Waals surface area contributed by atoms with Crippen LogP contribution in [0, 0.1) is 5.82 Å². The molecule has 1 aliphatic rings. The smallest absolute Gasteiger partial charge is 0.323 e. The summed E-state index contributed by atoms with van der Waals surface area (Å²) < 4.78 is 18.5. The predicted molar refractivity (Wildman–Crippen MR) is 61.5 cm³/mol. The Balaban J connectivity index is 2.16. The first-order chi connectivity index (χ1) is 8.49. The van der Waals surface area contributed by atoms with Crippen LogP contribution < -0.4 is 5.32 Å². The molecule has 2 rings (SSSR count). The van der Waals surface area contributed by atoms with Crippen LogP contribution in [0.4, 0.5) is 4.39 Å². The highest BCUT2D eigenvalue weighted by Crippen LogP contribution is 2.27. The Labute approximate surface area is 104 Å². The van der Waals surface area contributed by atoms with Gasteiger partial charge in [-0.15, -0.1) is 0 Å². The molecule has 1 aromatic rings. The highest BCUT2D eigenvalue weighted by Gasteiger charge is 2.38. The number of carboxylic acids is 1. The summed E-state index contributed by atoms with van der Waals surface area (Å²) in [4.78, 5) is 15.0. The fourth-order valence-corrected chi connectivity index (χ4v) is 2.09. The Bertz CT molecular complexity index is 437. The van der Waals surface area contributed by atoms with Gasteiger partial charge in [0.2, 0.25) is 0 Å². The van der Waals surface area contributed by atoms with Crippen molar-refractivity contribution in [2.45, 2.75) is 38.1 Å². The summed E-state index contributed by atoms with van der Waals surface area (Å²) in [6.45, 7) is 3.51. The van der Waals surface area contributed by atoms with E-state index in [0.29, 0.717) is 5.69 Å². The number of aromatic nitrogens is 1. The summed E-state index contributed by atoms with van der Waals surface area (Å²) in [6.07, 6.45) is 0.270. The largest absolute Gasteiger partial charge is 0.480 e. The molecule has 2 heterocycles. The molecule has 1 saturated heterocycles. The van der Waals surface area contributed by atoms with E-state index in [2.05, 4.69) is 10.3 Å². The molecule has 0 saturated carbocycles. The van der Waals surface area contributed by atoms with Crippen LogP contribution in [0.3, 0.4) is 0 Å². The average Bonchev–Trinajstić information content (AvgIpc) is 2.32. The lowest BCUT2D eigenvalue weighted by molar-refractivity contribution is -0.152. The fourth-order valence-electron chi connectivity index (χ4n) is 2.09. The summed E-state index contributed by atoms with van der Waals surface area (Å²) in [5, 5.41) is 12.0. The maximum Gasteiger partial charge on any atom is 0.323 e. The number of carbonyl (C=O) groups is 1. The Kier molecular flexibility index (Phi) is 3.58.